The molecule has 0 radical (unpaired) electrons. The van der Waals surface area contributed by atoms with Crippen molar-refractivity contribution in [2.75, 3.05) is 20.1 Å². The largest absolute Gasteiger partial charge is 0.306 e. The van der Waals surface area contributed by atoms with E-state index in [4.69, 9.17) is 0 Å². The second-order valence-corrected chi connectivity index (χ2v) is 4.36. The normalized spacial score (nSPS) is 23.7. The van der Waals surface area contributed by atoms with Gasteiger partial charge in [0.15, 0.2) is 0 Å². The van der Waals surface area contributed by atoms with Gasteiger partial charge in [-0.3, -0.25) is 4.98 Å². The predicted molar refractivity (Wildman–Crippen MR) is 58.4 cm³/mol. The van der Waals surface area contributed by atoms with E-state index in [1.54, 1.807) is 0 Å². The Balaban J connectivity index is 2.10. The van der Waals surface area contributed by atoms with E-state index in [0.29, 0.717) is 5.92 Å². The number of pyridine rings is 1. The van der Waals surface area contributed by atoms with E-state index in [0.717, 1.165) is 6.54 Å². The lowest BCUT2D eigenvalue weighted by Crippen LogP contribution is -2.31. The zero-order chi connectivity index (χ0) is 9.97. The third-order valence-electron chi connectivity index (χ3n) is 2.98. The molecule has 1 atom stereocenters. The van der Waals surface area contributed by atoms with Crippen molar-refractivity contribution in [1.29, 1.82) is 0 Å². The van der Waals surface area contributed by atoms with Crippen molar-refractivity contribution >= 4 is 0 Å². The van der Waals surface area contributed by atoms with Gasteiger partial charge in [-0.2, -0.15) is 0 Å². The molecule has 2 nitrogen and oxygen atoms in total. The number of hydrogen-bond donors (Lipinski definition) is 0. The van der Waals surface area contributed by atoms with Crippen LogP contribution in [0.2, 0.25) is 0 Å². The number of aryl methyl sites for hydroxylation is 1. The highest BCUT2D eigenvalue weighted by atomic mass is 15.1. The van der Waals surface area contributed by atoms with Gasteiger partial charge in [-0.05, 0) is 45.0 Å². The number of aromatic nitrogens is 1. The fraction of sp³-hybridized carbons (Fsp3) is 0.583. The van der Waals surface area contributed by atoms with Crippen LogP contribution in [-0.4, -0.2) is 30.0 Å². The first-order valence-corrected chi connectivity index (χ1v) is 5.37. The lowest BCUT2D eigenvalue weighted by molar-refractivity contribution is 0.248. The summed E-state index contributed by atoms with van der Waals surface area (Å²) in [6.45, 7) is 4.49. The van der Waals surface area contributed by atoms with Crippen LogP contribution < -0.4 is 0 Å². The monoisotopic (exact) mass is 190 g/mol. The van der Waals surface area contributed by atoms with Gasteiger partial charge < -0.3 is 4.90 Å². The quantitative estimate of drug-likeness (QED) is 0.675. The molecule has 1 aromatic heterocycles. The van der Waals surface area contributed by atoms with Gasteiger partial charge in [0, 0.05) is 24.4 Å². The molecule has 1 aliphatic rings. The van der Waals surface area contributed by atoms with E-state index in [-0.39, 0.29) is 0 Å². The molecule has 0 spiro atoms. The highest BCUT2D eigenvalue weighted by Gasteiger charge is 2.19. The number of rotatable bonds is 1. The predicted octanol–water partition coefficient (Wildman–Crippen LogP) is 2.20. The first kappa shape index (κ1) is 9.66. The van der Waals surface area contributed by atoms with Gasteiger partial charge in [-0.15, -0.1) is 0 Å². The topological polar surface area (TPSA) is 16.1 Å². The van der Waals surface area contributed by atoms with Gasteiger partial charge in [0.2, 0.25) is 0 Å². The summed E-state index contributed by atoms with van der Waals surface area (Å²) >= 11 is 0. The smallest absolute Gasteiger partial charge is 0.0447 e. The van der Waals surface area contributed by atoms with Crippen molar-refractivity contribution in [2.24, 2.45) is 0 Å². The Hall–Kier alpha value is -0.890. The first-order chi connectivity index (χ1) is 6.75. The molecule has 1 unspecified atom stereocenters. The summed E-state index contributed by atoms with van der Waals surface area (Å²) in [6.07, 6.45) is 4.57. The van der Waals surface area contributed by atoms with Crippen molar-refractivity contribution in [1.82, 2.24) is 9.88 Å². The number of likely N-dealkylation sites (N-methyl/N-ethyl adjacent to an activating group) is 1. The average Bonchev–Trinajstić information content (AvgIpc) is 2.19. The molecular formula is C12H18N2. The van der Waals surface area contributed by atoms with Crippen LogP contribution in [0.15, 0.2) is 18.3 Å². The second kappa shape index (κ2) is 4.09. The summed E-state index contributed by atoms with van der Waals surface area (Å²) in [7, 11) is 2.19. The number of likely N-dealkylation sites (tertiary alicyclic amines) is 1. The first-order valence-electron chi connectivity index (χ1n) is 5.37. The lowest BCUT2D eigenvalue weighted by Gasteiger charge is -2.29. The van der Waals surface area contributed by atoms with Gasteiger partial charge in [0.1, 0.15) is 0 Å². The molecule has 0 aliphatic carbocycles. The summed E-state index contributed by atoms with van der Waals surface area (Å²) in [5.41, 5.74) is 2.51. The van der Waals surface area contributed by atoms with Crippen molar-refractivity contribution in [3.05, 3.63) is 29.6 Å². The molecule has 1 fully saturated rings. The maximum absolute atomic E-state index is 4.51. The fourth-order valence-corrected chi connectivity index (χ4v) is 2.13. The molecule has 0 saturated carbocycles. The van der Waals surface area contributed by atoms with Crippen LogP contribution in [0, 0.1) is 6.92 Å². The summed E-state index contributed by atoms with van der Waals surface area (Å²) in [5.74, 6) is 0.648. The fourth-order valence-electron chi connectivity index (χ4n) is 2.13. The maximum Gasteiger partial charge on any atom is 0.0447 e. The Morgan fingerprint density at radius 1 is 1.43 bits per heavy atom. The van der Waals surface area contributed by atoms with Crippen LogP contribution >= 0.6 is 0 Å². The maximum atomic E-state index is 4.51. The van der Waals surface area contributed by atoms with Crippen LogP contribution in [-0.2, 0) is 0 Å². The van der Waals surface area contributed by atoms with Crippen molar-refractivity contribution in [3.8, 4) is 0 Å². The van der Waals surface area contributed by atoms with Crippen molar-refractivity contribution < 1.29 is 0 Å². The highest BCUT2D eigenvalue weighted by molar-refractivity contribution is 5.16. The zero-order valence-electron chi connectivity index (χ0n) is 9.03. The average molecular weight is 190 g/mol. The Morgan fingerprint density at radius 2 is 2.29 bits per heavy atom. The summed E-state index contributed by atoms with van der Waals surface area (Å²) in [5, 5.41) is 0. The van der Waals surface area contributed by atoms with E-state index in [1.807, 2.05) is 6.20 Å². The zero-order valence-corrected chi connectivity index (χ0v) is 9.03. The third kappa shape index (κ3) is 2.13. The van der Waals surface area contributed by atoms with Crippen LogP contribution in [0.1, 0.15) is 30.0 Å². The molecule has 1 aliphatic heterocycles. The molecule has 1 aromatic rings. The van der Waals surface area contributed by atoms with Gasteiger partial charge in [0.05, 0.1) is 0 Å². The van der Waals surface area contributed by atoms with Crippen LogP contribution in [0.25, 0.3) is 0 Å². The number of piperidine rings is 1. The van der Waals surface area contributed by atoms with Gasteiger partial charge in [0.25, 0.3) is 0 Å². The molecular weight excluding hydrogens is 172 g/mol. The Kier molecular flexibility index (Phi) is 2.82. The third-order valence-corrected chi connectivity index (χ3v) is 2.98. The molecule has 14 heavy (non-hydrogen) atoms. The minimum atomic E-state index is 0.648. The lowest BCUT2D eigenvalue weighted by atomic mass is 9.94. The molecule has 0 N–H and O–H groups in total. The molecule has 0 bridgehead atoms. The van der Waals surface area contributed by atoms with Gasteiger partial charge >= 0.3 is 0 Å². The Bertz CT molecular complexity index is 292. The second-order valence-electron chi connectivity index (χ2n) is 4.36. The number of nitrogens with zero attached hydrogens (tertiary/aromatic N) is 2. The Labute approximate surface area is 86.0 Å². The molecule has 2 rings (SSSR count). The van der Waals surface area contributed by atoms with Crippen molar-refractivity contribution in [2.45, 2.75) is 25.7 Å². The molecule has 2 heterocycles. The van der Waals surface area contributed by atoms with Gasteiger partial charge in [-0.25, -0.2) is 0 Å². The minimum absolute atomic E-state index is 0.648. The standard InChI is InChI=1S/C12H18N2/c1-10-5-6-12(13-8-10)11-4-3-7-14(2)9-11/h5-6,8,11H,3-4,7,9H2,1-2H3. The van der Waals surface area contributed by atoms with E-state index in [9.17, 15) is 0 Å². The van der Waals surface area contributed by atoms with Crippen LogP contribution in [0.4, 0.5) is 0 Å². The summed E-state index contributed by atoms with van der Waals surface area (Å²) < 4.78 is 0. The number of hydrogen-bond acceptors (Lipinski definition) is 2. The summed E-state index contributed by atoms with van der Waals surface area (Å²) in [4.78, 5) is 6.91. The molecule has 0 amide bonds. The van der Waals surface area contributed by atoms with E-state index in [2.05, 4.69) is 36.0 Å². The van der Waals surface area contributed by atoms with Gasteiger partial charge in [-0.1, -0.05) is 6.07 Å². The van der Waals surface area contributed by atoms with E-state index in [1.165, 1.54) is 30.6 Å². The minimum Gasteiger partial charge on any atom is -0.306 e. The van der Waals surface area contributed by atoms with E-state index < -0.39 is 0 Å². The van der Waals surface area contributed by atoms with Crippen LogP contribution in [0.5, 0.6) is 0 Å². The van der Waals surface area contributed by atoms with Crippen LogP contribution in [0.3, 0.4) is 0 Å². The molecule has 2 heteroatoms. The van der Waals surface area contributed by atoms with Crippen molar-refractivity contribution in [3.63, 3.8) is 0 Å². The molecule has 1 saturated heterocycles. The molecule has 76 valence electrons. The molecule has 0 aromatic carbocycles. The SMILES string of the molecule is Cc1ccc(C2CCCN(C)C2)nc1. The highest BCUT2D eigenvalue weighted by Crippen LogP contribution is 2.24. The van der Waals surface area contributed by atoms with E-state index >= 15 is 0 Å². The Morgan fingerprint density at radius 3 is 2.93 bits per heavy atom. The summed E-state index contributed by atoms with van der Waals surface area (Å²) in [6, 6.07) is 4.34.